The molecule has 0 spiro atoms. The Kier molecular flexibility index (Phi) is 5.21. The van der Waals surface area contributed by atoms with Gasteiger partial charge in [0.25, 0.3) is 0 Å². The van der Waals surface area contributed by atoms with Gasteiger partial charge in [-0.1, -0.05) is 0 Å². The minimum atomic E-state index is -4.10. The van der Waals surface area contributed by atoms with Gasteiger partial charge in [-0.15, -0.1) is 0 Å². The van der Waals surface area contributed by atoms with Crippen LogP contribution in [-0.4, -0.2) is 19.0 Å². The summed E-state index contributed by atoms with van der Waals surface area (Å²) >= 11 is 1.64. The van der Waals surface area contributed by atoms with Gasteiger partial charge in [-0.05, 0) is 18.4 Å². The van der Waals surface area contributed by atoms with Crippen molar-refractivity contribution in [2.75, 3.05) is 12.8 Å². The molecular weight excluding hydrogens is 239 g/mol. The second-order valence-electron chi connectivity index (χ2n) is 3.34. The maximum Gasteiger partial charge on any atom is 0.390 e. The average molecular weight is 253 g/mol. The minimum absolute atomic E-state index is 0.0813. The fourth-order valence-corrected chi connectivity index (χ4v) is 1.62. The molecule has 1 N–H and O–H groups in total. The highest BCUT2D eigenvalue weighted by Crippen LogP contribution is 2.18. The summed E-state index contributed by atoms with van der Waals surface area (Å²) in [6.07, 6.45) is -2.95. The topological polar surface area (TPSA) is 25.2 Å². The number of thioether (sulfide) groups is 1. The van der Waals surface area contributed by atoms with E-state index in [1.165, 1.54) is 0 Å². The van der Waals surface area contributed by atoms with Crippen molar-refractivity contribution in [1.29, 1.82) is 0 Å². The number of alkyl halides is 3. The zero-order valence-electron chi connectivity index (χ0n) is 8.93. The van der Waals surface area contributed by atoms with E-state index in [2.05, 4.69) is 5.32 Å². The van der Waals surface area contributed by atoms with Crippen LogP contribution in [-0.2, 0) is 12.3 Å². The lowest BCUT2D eigenvalue weighted by molar-refractivity contribution is -0.133. The maximum absolute atomic E-state index is 11.8. The Labute approximate surface area is 96.6 Å². The Morgan fingerprint density at radius 3 is 2.62 bits per heavy atom. The summed E-state index contributed by atoms with van der Waals surface area (Å²) in [5, 5.41) is 2.69. The lowest BCUT2D eigenvalue weighted by atomic mass is 10.4. The highest BCUT2D eigenvalue weighted by molar-refractivity contribution is 7.97. The van der Waals surface area contributed by atoms with Crippen molar-refractivity contribution < 1.29 is 17.6 Å². The van der Waals surface area contributed by atoms with Gasteiger partial charge in [0.15, 0.2) is 0 Å². The van der Waals surface area contributed by atoms with E-state index in [0.29, 0.717) is 12.3 Å². The SMILES string of the molecule is CSCc1ccc(CNCCC(F)(F)F)o1. The molecule has 0 radical (unpaired) electrons. The largest absolute Gasteiger partial charge is 0.464 e. The molecule has 0 bridgehead atoms. The van der Waals surface area contributed by atoms with Crippen LogP contribution in [0.25, 0.3) is 0 Å². The van der Waals surface area contributed by atoms with Crippen LogP contribution < -0.4 is 5.32 Å². The third kappa shape index (κ3) is 5.46. The van der Waals surface area contributed by atoms with E-state index in [4.69, 9.17) is 4.42 Å². The van der Waals surface area contributed by atoms with E-state index in [9.17, 15) is 13.2 Å². The minimum Gasteiger partial charge on any atom is -0.464 e. The molecule has 1 heterocycles. The second kappa shape index (κ2) is 6.20. The summed E-state index contributed by atoms with van der Waals surface area (Å²) in [5.74, 6) is 2.30. The molecule has 16 heavy (non-hydrogen) atoms. The van der Waals surface area contributed by atoms with Gasteiger partial charge in [0.2, 0.25) is 0 Å². The van der Waals surface area contributed by atoms with E-state index in [1.807, 2.05) is 12.3 Å². The molecule has 0 aliphatic heterocycles. The van der Waals surface area contributed by atoms with Gasteiger partial charge in [0, 0.05) is 6.54 Å². The standard InChI is InChI=1S/C10H14F3NOS/c1-16-7-9-3-2-8(15-9)6-14-5-4-10(11,12)13/h2-3,14H,4-7H2,1H3. The average Bonchev–Trinajstić information content (AvgIpc) is 2.60. The fraction of sp³-hybridized carbons (Fsp3) is 0.600. The molecule has 1 rings (SSSR count). The van der Waals surface area contributed by atoms with Crippen LogP contribution >= 0.6 is 11.8 Å². The normalized spacial score (nSPS) is 12.0. The first-order valence-corrected chi connectivity index (χ1v) is 6.24. The monoisotopic (exact) mass is 253 g/mol. The molecule has 0 saturated carbocycles. The van der Waals surface area contributed by atoms with Gasteiger partial charge >= 0.3 is 6.18 Å². The van der Waals surface area contributed by atoms with Crippen LogP contribution in [0, 0.1) is 0 Å². The Bertz CT molecular complexity index is 311. The van der Waals surface area contributed by atoms with Crippen LogP contribution in [0.1, 0.15) is 17.9 Å². The zero-order chi connectivity index (χ0) is 12.0. The third-order valence-corrected chi connectivity index (χ3v) is 2.46. The van der Waals surface area contributed by atoms with Crippen molar-refractivity contribution in [2.24, 2.45) is 0 Å². The predicted molar refractivity (Wildman–Crippen MR) is 58.3 cm³/mol. The van der Waals surface area contributed by atoms with Crippen LogP contribution in [0.15, 0.2) is 16.5 Å². The third-order valence-electron chi connectivity index (χ3n) is 1.89. The quantitative estimate of drug-likeness (QED) is 0.788. The molecule has 1 aromatic rings. The highest BCUT2D eigenvalue weighted by Gasteiger charge is 2.25. The van der Waals surface area contributed by atoms with Crippen molar-refractivity contribution in [3.05, 3.63) is 23.7 Å². The first kappa shape index (κ1) is 13.4. The Morgan fingerprint density at radius 2 is 2.00 bits per heavy atom. The van der Waals surface area contributed by atoms with Crippen molar-refractivity contribution in [3.8, 4) is 0 Å². The lowest BCUT2D eigenvalue weighted by Gasteiger charge is -2.06. The summed E-state index contributed by atoms with van der Waals surface area (Å²) in [5.41, 5.74) is 0. The van der Waals surface area contributed by atoms with Crippen molar-refractivity contribution in [2.45, 2.75) is 24.9 Å². The maximum atomic E-state index is 11.8. The molecule has 2 nitrogen and oxygen atoms in total. The summed E-state index contributed by atoms with van der Waals surface area (Å²) in [7, 11) is 0. The van der Waals surface area contributed by atoms with Crippen LogP contribution in [0.5, 0.6) is 0 Å². The van der Waals surface area contributed by atoms with Gasteiger partial charge in [-0.2, -0.15) is 24.9 Å². The number of nitrogens with one attached hydrogen (secondary N) is 1. The summed E-state index contributed by atoms with van der Waals surface area (Å²) < 4.78 is 40.9. The number of halogens is 3. The van der Waals surface area contributed by atoms with Crippen molar-refractivity contribution in [3.63, 3.8) is 0 Å². The second-order valence-corrected chi connectivity index (χ2v) is 4.21. The molecule has 1 aromatic heterocycles. The molecule has 0 atom stereocenters. The first-order valence-electron chi connectivity index (χ1n) is 4.85. The molecule has 0 aromatic carbocycles. The number of furan rings is 1. The zero-order valence-corrected chi connectivity index (χ0v) is 9.75. The van der Waals surface area contributed by atoms with E-state index < -0.39 is 12.6 Å². The van der Waals surface area contributed by atoms with E-state index >= 15 is 0 Å². The number of hydrogen-bond donors (Lipinski definition) is 1. The van der Waals surface area contributed by atoms with E-state index in [-0.39, 0.29) is 6.54 Å². The Balaban J connectivity index is 2.21. The number of rotatable bonds is 6. The highest BCUT2D eigenvalue weighted by atomic mass is 32.2. The van der Waals surface area contributed by atoms with Gasteiger partial charge in [0.05, 0.1) is 18.7 Å². The molecule has 0 amide bonds. The van der Waals surface area contributed by atoms with E-state index in [1.54, 1.807) is 17.8 Å². The fourth-order valence-electron chi connectivity index (χ4n) is 1.18. The molecule has 0 aliphatic carbocycles. The van der Waals surface area contributed by atoms with Gasteiger partial charge < -0.3 is 9.73 Å². The molecule has 92 valence electrons. The smallest absolute Gasteiger partial charge is 0.390 e. The van der Waals surface area contributed by atoms with Crippen molar-refractivity contribution in [1.82, 2.24) is 5.32 Å². The Morgan fingerprint density at radius 1 is 1.31 bits per heavy atom. The molecular formula is C10H14F3NOS. The molecule has 0 saturated heterocycles. The molecule has 6 heteroatoms. The molecule has 0 aliphatic rings. The lowest BCUT2D eigenvalue weighted by Crippen LogP contribution is -2.21. The predicted octanol–water partition coefficient (Wildman–Crippen LogP) is 3.18. The summed E-state index contributed by atoms with van der Waals surface area (Å²) in [6.45, 7) is 0.256. The van der Waals surface area contributed by atoms with Crippen LogP contribution in [0.4, 0.5) is 13.2 Å². The summed E-state index contributed by atoms with van der Waals surface area (Å²) in [4.78, 5) is 0. The molecule has 0 fully saturated rings. The van der Waals surface area contributed by atoms with Crippen LogP contribution in [0.3, 0.4) is 0 Å². The van der Waals surface area contributed by atoms with Gasteiger partial charge in [0.1, 0.15) is 11.5 Å². The molecule has 0 unspecified atom stereocenters. The van der Waals surface area contributed by atoms with Crippen molar-refractivity contribution >= 4 is 11.8 Å². The Hall–Kier alpha value is -0.620. The van der Waals surface area contributed by atoms with E-state index in [0.717, 1.165) is 11.5 Å². The summed E-state index contributed by atoms with van der Waals surface area (Å²) in [6, 6.07) is 3.63. The van der Waals surface area contributed by atoms with Gasteiger partial charge in [-0.25, -0.2) is 0 Å². The first-order chi connectivity index (χ1) is 7.51. The number of hydrogen-bond acceptors (Lipinski definition) is 3. The van der Waals surface area contributed by atoms with Gasteiger partial charge in [-0.3, -0.25) is 0 Å². The van der Waals surface area contributed by atoms with Crippen LogP contribution in [0.2, 0.25) is 0 Å².